The van der Waals surface area contributed by atoms with Gasteiger partial charge in [-0.25, -0.2) is 4.98 Å². The van der Waals surface area contributed by atoms with E-state index in [0.29, 0.717) is 12.4 Å². The van der Waals surface area contributed by atoms with E-state index in [4.69, 9.17) is 9.72 Å². The fourth-order valence-electron chi connectivity index (χ4n) is 3.54. The molecule has 4 aromatic rings. The summed E-state index contributed by atoms with van der Waals surface area (Å²) in [6, 6.07) is 13.9. The number of phenolic OH excluding ortho intramolecular Hbond substituents is 1. The van der Waals surface area contributed by atoms with Crippen LogP contribution in [0, 0.1) is 0 Å². The van der Waals surface area contributed by atoms with Gasteiger partial charge in [-0.05, 0) is 30.3 Å². The summed E-state index contributed by atoms with van der Waals surface area (Å²) >= 11 is 1.64. The molecule has 0 bridgehead atoms. The Hall–Kier alpha value is -2.90. The molecular formula is C21H20N4O2S. The number of aromatic nitrogens is 3. The molecule has 5 rings (SSSR count). The van der Waals surface area contributed by atoms with Gasteiger partial charge in [0.05, 0.1) is 16.8 Å². The van der Waals surface area contributed by atoms with Crippen molar-refractivity contribution >= 4 is 21.6 Å². The maximum Gasteiger partial charge on any atom is 0.165 e. The lowest BCUT2D eigenvalue weighted by molar-refractivity contribution is 0.215. The quantitative estimate of drug-likeness (QED) is 0.573. The first-order valence-corrected chi connectivity index (χ1v) is 10.1. The Labute approximate surface area is 166 Å². The third-order valence-corrected chi connectivity index (χ3v) is 6.02. The average molecular weight is 392 g/mol. The molecule has 0 atom stereocenters. The van der Waals surface area contributed by atoms with Crippen molar-refractivity contribution in [1.29, 1.82) is 0 Å². The van der Waals surface area contributed by atoms with Gasteiger partial charge in [0.2, 0.25) is 0 Å². The first kappa shape index (κ1) is 17.2. The smallest absolute Gasteiger partial charge is 0.165 e. The Morgan fingerprint density at radius 1 is 1.14 bits per heavy atom. The number of fused-ring (bicyclic) bond motifs is 2. The second-order valence-electron chi connectivity index (χ2n) is 6.86. The number of rotatable bonds is 4. The van der Waals surface area contributed by atoms with Crippen LogP contribution in [0.5, 0.6) is 11.5 Å². The third-order valence-electron chi connectivity index (χ3n) is 4.94. The summed E-state index contributed by atoms with van der Waals surface area (Å²) in [6.45, 7) is 3.79. The van der Waals surface area contributed by atoms with Crippen LogP contribution >= 0.6 is 11.3 Å². The summed E-state index contributed by atoms with van der Waals surface area (Å²) in [7, 11) is 0. The Kier molecular flexibility index (Phi) is 4.46. The highest BCUT2D eigenvalue weighted by Crippen LogP contribution is 2.39. The molecule has 6 nitrogen and oxygen atoms in total. The van der Waals surface area contributed by atoms with E-state index in [9.17, 15) is 5.11 Å². The molecule has 1 aliphatic heterocycles. The van der Waals surface area contributed by atoms with Gasteiger partial charge < -0.3 is 9.84 Å². The first-order chi connectivity index (χ1) is 13.8. The first-order valence-electron chi connectivity index (χ1n) is 9.31. The van der Waals surface area contributed by atoms with Gasteiger partial charge in [0.15, 0.2) is 11.5 Å². The summed E-state index contributed by atoms with van der Waals surface area (Å²) in [6.07, 6.45) is 3.77. The van der Waals surface area contributed by atoms with Crippen LogP contribution in [0.15, 0.2) is 54.9 Å². The Balaban J connectivity index is 1.44. The van der Waals surface area contributed by atoms with Gasteiger partial charge in [0.25, 0.3) is 0 Å². The molecule has 28 heavy (non-hydrogen) atoms. The number of aromatic hydroxyl groups is 1. The molecule has 0 saturated carbocycles. The van der Waals surface area contributed by atoms with E-state index in [-0.39, 0.29) is 5.75 Å². The fraction of sp³-hybridized carbons (Fsp3) is 0.238. The molecule has 1 aliphatic rings. The molecule has 0 amide bonds. The van der Waals surface area contributed by atoms with Crippen LogP contribution in [0.4, 0.5) is 0 Å². The average Bonchev–Trinajstić information content (AvgIpc) is 3.32. The van der Waals surface area contributed by atoms with Crippen molar-refractivity contribution in [3.05, 3.63) is 60.4 Å². The van der Waals surface area contributed by atoms with Crippen LogP contribution in [-0.4, -0.2) is 44.5 Å². The van der Waals surface area contributed by atoms with E-state index in [1.54, 1.807) is 23.6 Å². The number of hydrogen-bond donors (Lipinski definition) is 1. The number of phenols is 1. The van der Waals surface area contributed by atoms with Crippen LogP contribution in [0.2, 0.25) is 0 Å². The SMILES string of the molecule is Oc1cc(-c2nc3ccccc3s2)cc2c1OCCN(CCn1cccn1)C2. The molecule has 1 N–H and O–H groups in total. The van der Waals surface area contributed by atoms with Crippen LogP contribution in [0.1, 0.15) is 5.56 Å². The lowest BCUT2D eigenvalue weighted by Crippen LogP contribution is -2.29. The van der Waals surface area contributed by atoms with E-state index in [2.05, 4.69) is 22.1 Å². The van der Waals surface area contributed by atoms with E-state index in [0.717, 1.165) is 52.5 Å². The normalized spacial score (nSPS) is 14.6. The van der Waals surface area contributed by atoms with Gasteiger partial charge in [-0.1, -0.05) is 12.1 Å². The number of hydrogen-bond acceptors (Lipinski definition) is 6. The van der Waals surface area contributed by atoms with Crippen molar-refractivity contribution in [2.45, 2.75) is 13.1 Å². The highest BCUT2D eigenvalue weighted by Gasteiger charge is 2.20. The van der Waals surface area contributed by atoms with Gasteiger partial charge in [-0.3, -0.25) is 9.58 Å². The van der Waals surface area contributed by atoms with Gasteiger partial charge in [-0.2, -0.15) is 5.10 Å². The van der Waals surface area contributed by atoms with Crippen molar-refractivity contribution in [2.75, 3.05) is 19.7 Å². The molecule has 0 aliphatic carbocycles. The van der Waals surface area contributed by atoms with E-state index in [1.165, 1.54) is 0 Å². The largest absolute Gasteiger partial charge is 0.504 e. The molecule has 0 radical (unpaired) electrons. The zero-order valence-electron chi connectivity index (χ0n) is 15.3. The van der Waals surface area contributed by atoms with Crippen LogP contribution in [-0.2, 0) is 13.1 Å². The van der Waals surface area contributed by atoms with Gasteiger partial charge >= 0.3 is 0 Å². The zero-order chi connectivity index (χ0) is 18.9. The maximum atomic E-state index is 10.6. The lowest BCUT2D eigenvalue weighted by Gasteiger charge is -2.19. The van der Waals surface area contributed by atoms with E-state index < -0.39 is 0 Å². The minimum atomic E-state index is 0.181. The number of ether oxygens (including phenoxy) is 1. The number of benzene rings is 2. The topological polar surface area (TPSA) is 63.4 Å². The molecule has 2 aromatic heterocycles. The van der Waals surface area contributed by atoms with Crippen molar-refractivity contribution < 1.29 is 9.84 Å². The molecule has 0 fully saturated rings. The van der Waals surface area contributed by atoms with E-state index >= 15 is 0 Å². The molecule has 7 heteroatoms. The van der Waals surface area contributed by atoms with Gasteiger partial charge in [-0.15, -0.1) is 11.3 Å². The number of thiazole rings is 1. The minimum Gasteiger partial charge on any atom is -0.504 e. The predicted octanol–water partition coefficient (Wildman–Crippen LogP) is 3.76. The molecule has 0 saturated heterocycles. The summed E-state index contributed by atoms with van der Waals surface area (Å²) < 4.78 is 8.94. The zero-order valence-corrected chi connectivity index (χ0v) is 16.1. The predicted molar refractivity (Wildman–Crippen MR) is 110 cm³/mol. The second-order valence-corrected chi connectivity index (χ2v) is 7.89. The van der Waals surface area contributed by atoms with Crippen molar-refractivity contribution in [3.8, 4) is 22.1 Å². The molecular weight excluding hydrogens is 372 g/mol. The van der Waals surface area contributed by atoms with Gasteiger partial charge in [0, 0.05) is 43.2 Å². The Bertz CT molecular complexity index is 1070. The van der Waals surface area contributed by atoms with Crippen molar-refractivity contribution in [2.24, 2.45) is 0 Å². The second kappa shape index (κ2) is 7.26. The molecule has 0 spiro atoms. The van der Waals surface area contributed by atoms with Crippen LogP contribution in [0.25, 0.3) is 20.8 Å². The summed E-state index contributed by atoms with van der Waals surface area (Å²) in [5, 5.41) is 15.8. The van der Waals surface area contributed by atoms with E-state index in [1.807, 2.05) is 35.1 Å². The number of para-hydroxylation sites is 1. The van der Waals surface area contributed by atoms with Crippen molar-refractivity contribution in [1.82, 2.24) is 19.7 Å². The molecule has 2 aromatic carbocycles. The van der Waals surface area contributed by atoms with Crippen LogP contribution in [0.3, 0.4) is 0 Å². The standard InChI is InChI=1S/C21H20N4O2S/c26-18-13-15(21-23-17-4-1-2-5-19(17)28-21)12-16-14-24(10-11-27-20(16)18)8-9-25-7-3-6-22-25/h1-7,12-13,26H,8-11,14H2. The monoisotopic (exact) mass is 392 g/mol. The third kappa shape index (κ3) is 3.34. The minimum absolute atomic E-state index is 0.181. The number of nitrogens with zero attached hydrogens (tertiary/aromatic N) is 4. The fourth-order valence-corrected chi connectivity index (χ4v) is 4.49. The highest BCUT2D eigenvalue weighted by atomic mass is 32.1. The lowest BCUT2D eigenvalue weighted by atomic mass is 10.1. The maximum absolute atomic E-state index is 10.6. The molecule has 3 heterocycles. The summed E-state index contributed by atoms with van der Waals surface area (Å²) in [5.41, 5.74) is 2.90. The highest BCUT2D eigenvalue weighted by molar-refractivity contribution is 7.21. The van der Waals surface area contributed by atoms with Crippen LogP contribution < -0.4 is 4.74 Å². The molecule has 142 valence electrons. The summed E-state index contributed by atoms with van der Waals surface area (Å²) in [4.78, 5) is 7.06. The van der Waals surface area contributed by atoms with Gasteiger partial charge in [0.1, 0.15) is 11.6 Å². The Morgan fingerprint density at radius 2 is 2.07 bits per heavy atom. The Morgan fingerprint density at radius 3 is 2.93 bits per heavy atom. The molecule has 0 unspecified atom stereocenters. The summed E-state index contributed by atoms with van der Waals surface area (Å²) in [5.74, 6) is 0.770. The van der Waals surface area contributed by atoms with Crippen molar-refractivity contribution in [3.63, 3.8) is 0 Å².